The summed E-state index contributed by atoms with van der Waals surface area (Å²) in [6.45, 7) is 8.60. The molecule has 1 aliphatic heterocycles. The van der Waals surface area contributed by atoms with Gasteiger partial charge in [0.1, 0.15) is 0 Å². The van der Waals surface area contributed by atoms with Gasteiger partial charge in [-0.1, -0.05) is 32.0 Å². The molecule has 1 fully saturated rings. The van der Waals surface area contributed by atoms with Crippen LogP contribution in [0, 0.1) is 0 Å². The second kappa shape index (κ2) is 10.4. The Bertz CT molecular complexity index is 800. The largest absolute Gasteiger partial charge is 0.369 e. The van der Waals surface area contributed by atoms with Gasteiger partial charge in [-0.05, 0) is 12.1 Å². The molecule has 0 aliphatic carbocycles. The molecule has 2 aromatic rings. The van der Waals surface area contributed by atoms with E-state index in [2.05, 4.69) is 63.7 Å². The van der Waals surface area contributed by atoms with Crippen molar-refractivity contribution in [2.75, 3.05) is 37.6 Å². The third-order valence-corrected chi connectivity index (χ3v) is 6.09. The number of carbonyl (C=O) groups is 2. The van der Waals surface area contributed by atoms with Crippen LogP contribution in [0.2, 0.25) is 0 Å². The van der Waals surface area contributed by atoms with E-state index in [1.54, 1.807) is 11.3 Å². The van der Waals surface area contributed by atoms with Gasteiger partial charge in [0.25, 0.3) is 0 Å². The summed E-state index contributed by atoms with van der Waals surface area (Å²) in [4.78, 5) is 33.1. The molecule has 0 saturated carbocycles. The molecule has 0 unspecified atom stereocenters. The molecule has 2 amide bonds. The molecule has 0 spiro atoms. The topological polar surface area (TPSA) is 77.6 Å². The lowest BCUT2D eigenvalue weighted by Gasteiger charge is -2.36. The van der Waals surface area contributed by atoms with Gasteiger partial charge in [-0.3, -0.25) is 25.3 Å². The molecule has 3 rings (SSSR count). The summed E-state index contributed by atoms with van der Waals surface area (Å²) in [5, 5.41) is 2.91. The Morgan fingerprint density at radius 1 is 1.07 bits per heavy atom. The van der Waals surface area contributed by atoms with Crippen LogP contribution in [0.4, 0.5) is 5.69 Å². The number of para-hydroxylation sites is 1. The fourth-order valence-corrected chi connectivity index (χ4v) is 4.04. The highest BCUT2D eigenvalue weighted by Gasteiger charge is 2.18. The molecule has 0 radical (unpaired) electrons. The fraction of sp³-hybridized carbons (Fsp3) is 0.476. The van der Waals surface area contributed by atoms with Crippen LogP contribution in [0.3, 0.4) is 0 Å². The van der Waals surface area contributed by atoms with Crippen molar-refractivity contribution in [1.29, 1.82) is 0 Å². The minimum absolute atomic E-state index is 0.172. The van der Waals surface area contributed by atoms with E-state index in [-0.39, 0.29) is 18.2 Å². The second-order valence-electron chi connectivity index (χ2n) is 7.52. The maximum atomic E-state index is 12.0. The van der Waals surface area contributed by atoms with Gasteiger partial charge in [-0.15, -0.1) is 11.3 Å². The highest BCUT2D eigenvalue weighted by molar-refractivity contribution is 7.09. The molecule has 0 atom stereocenters. The van der Waals surface area contributed by atoms with Gasteiger partial charge < -0.3 is 4.90 Å². The summed E-state index contributed by atoms with van der Waals surface area (Å²) in [5.41, 5.74) is 6.97. The molecule has 156 valence electrons. The van der Waals surface area contributed by atoms with Crippen LogP contribution < -0.4 is 15.8 Å². The average molecular weight is 416 g/mol. The van der Waals surface area contributed by atoms with Crippen molar-refractivity contribution in [2.24, 2.45) is 0 Å². The average Bonchev–Trinajstić information content (AvgIpc) is 3.20. The molecule has 2 heterocycles. The van der Waals surface area contributed by atoms with Crippen LogP contribution in [-0.4, -0.2) is 54.4 Å². The zero-order valence-electron chi connectivity index (χ0n) is 17.1. The number of nitrogens with zero attached hydrogens (tertiary/aromatic N) is 3. The summed E-state index contributed by atoms with van der Waals surface area (Å²) >= 11 is 1.56. The Kier molecular flexibility index (Phi) is 7.60. The molecule has 1 aromatic carbocycles. The van der Waals surface area contributed by atoms with Crippen molar-refractivity contribution < 1.29 is 9.59 Å². The van der Waals surface area contributed by atoms with Crippen LogP contribution in [0.5, 0.6) is 0 Å². The van der Waals surface area contributed by atoms with Gasteiger partial charge in [0.05, 0.1) is 17.1 Å². The monoisotopic (exact) mass is 415 g/mol. The highest BCUT2D eigenvalue weighted by atomic mass is 32.1. The third kappa shape index (κ3) is 6.54. The highest BCUT2D eigenvalue weighted by Crippen LogP contribution is 2.19. The van der Waals surface area contributed by atoms with E-state index in [4.69, 9.17) is 0 Å². The van der Waals surface area contributed by atoms with Crippen molar-refractivity contribution in [3.63, 3.8) is 0 Å². The van der Waals surface area contributed by atoms with Gasteiger partial charge in [-0.25, -0.2) is 4.98 Å². The predicted molar refractivity (Wildman–Crippen MR) is 116 cm³/mol. The maximum Gasteiger partial charge on any atom is 0.244 e. The number of thiazole rings is 1. The fourth-order valence-electron chi connectivity index (χ4n) is 3.21. The van der Waals surface area contributed by atoms with E-state index < -0.39 is 0 Å². The van der Waals surface area contributed by atoms with E-state index >= 15 is 0 Å². The molecule has 0 bridgehead atoms. The number of benzene rings is 1. The number of nitrogens with one attached hydrogen (secondary N) is 2. The van der Waals surface area contributed by atoms with Crippen LogP contribution >= 0.6 is 11.3 Å². The molecule has 1 saturated heterocycles. The summed E-state index contributed by atoms with van der Waals surface area (Å²) < 4.78 is 0. The molecule has 1 aliphatic rings. The number of amides is 2. The number of carbonyl (C=O) groups excluding carboxylic acids is 2. The number of hydrazine groups is 1. The van der Waals surface area contributed by atoms with E-state index in [1.807, 2.05) is 11.4 Å². The smallest absolute Gasteiger partial charge is 0.244 e. The van der Waals surface area contributed by atoms with Crippen molar-refractivity contribution in [1.82, 2.24) is 20.7 Å². The minimum Gasteiger partial charge on any atom is -0.369 e. The summed E-state index contributed by atoms with van der Waals surface area (Å²) in [6, 6.07) is 10.4. The SMILES string of the molecule is CC(C)c1nc(CC(=O)NNC(=O)CCN2CCN(c3ccccc3)CC2)cs1. The molecule has 7 nitrogen and oxygen atoms in total. The Morgan fingerprint density at radius 3 is 2.41 bits per heavy atom. The van der Waals surface area contributed by atoms with Crippen LogP contribution in [0.15, 0.2) is 35.7 Å². The van der Waals surface area contributed by atoms with E-state index in [0.717, 1.165) is 36.9 Å². The first-order chi connectivity index (χ1) is 14.0. The van der Waals surface area contributed by atoms with Gasteiger partial charge >= 0.3 is 0 Å². The van der Waals surface area contributed by atoms with Gasteiger partial charge in [0.15, 0.2) is 0 Å². The van der Waals surface area contributed by atoms with Gasteiger partial charge in [0.2, 0.25) is 11.8 Å². The first-order valence-electron chi connectivity index (χ1n) is 10.1. The minimum atomic E-state index is -0.254. The van der Waals surface area contributed by atoms with E-state index in [9.17, 15) is 9.59 Å². The second-order valence-corrected chi connectivity index (χ2v) is 8.41. The van der Waals surface area contributed by atoms with E-state index in [0.29, 0.717) is 18.9 Å². The zero-order chi connectivity index (χ0) is 20.6. The molecule has 8 heteroatoms. The maximum absolute atomic E-state index is 12.0. The summed E-state index contributed by atoms with van der Waals surface area (Å²) in [6.07, 6.45) is 0.533. The van der Waals surface area contributed by atoms with Crippen molar-refractivity contribution in [3.8, 4) is 0 Å². The lowest BCUT2D eigenvalue weighted by molar-refractivity contribution is -0.128. The first-order valence-corrected chi connectivity index (χ1v) is 10.9. The molecule has 1 aromatic heterocycles. The standard InChI is InChI=1S/C21H29N5O2S/c1-16(2)21-22-17(15-29-21)14-20(28)24-23-19(27)8-9-25-10-12-26(13-11-25)18-6-4-3-5-7-18/h3-7,15-16H,8-14H2,1-2H3,(H,23,27)(H,24,28). The quantitative estimate of drug-likeness (QED) is 0.678. The van der Waals surface area contributed by atoms with Crippen molar-refractivity contribution in [2.45, 2.75) is 32.6 Å². The van der Waals surface area contributed by atoms with Gasteiger partial charge in [-0.2, -0.15) is 0 Å². The normalized spacial score (nSPS) is 14.8. The number of aromatic nitrogens is 1. The zero-order valence-corrected chi connectivity index (χ0v) is 17.9. The Balaban J connectivity index is 1.31. The Hall–Kier alpha value is -2.45. The number of hydrogen-bond acceptors (Lipinski definition) is 6. The Labute approximate surface area is 176 Å². The van der Waals surface area contributed by atoms with Crippen LogP contribution in [0.1, 0.15) is 36.9 Å². The van der Waals surface area contributed by atoms with Crippen molar-refractivity contribution >= 4 is 28.8 Å². The molecular weight excluding hydrogens is 386 g/mol. The summed E-state index contributed by atoms with van der Waals surface area (Å²) in [7, 11) is 0. The number of anilines is 1. The Morgan fingerprint density at radius 2 is 1.76 bits per heavy atom. The molecular formula is C21H29N5O2S. The number of hydrogen-bond donors (Lipinski definition) is 2. The van der Waals surface area contributed by atoms with Crippen LogP contribution in [-0.2, 0) is 16.0 Å². The van der Waals surface area contributed by atoms with Crippen molar-refractivity contribution in [3.05, 3.63) is 46.4 Å². The predicted octanol–water partition coefficient (Wildman–Crippen LogP) is 2.17. The third-order valence-electron chi connectivity index (χ3n) is 4.90. The lowest BCUT2D eigenvalue weighted by atomic mass is 10.2. The summed E-state index contributed by atoms with van der Waals surface area (Å²) in [5.74, 6) is -0.0773. The van der Waals surface area contributed by atoms with Crippen LogP contribution in [0.25, 0.3) is 0 Å². The molecule has 29 heavy (non-hydrogen) atoms. The first kappa shape index (κ1) is 21.3. The number of rotatable bonds is 7. The van der Waals surface area contributed by atoms with Gasteiger partial charge in [0, 0.05) is 56.1 Å². The molecule has 2 N–H and O–H groups in total. The van der Waals surface area contributed by atoms with E-state index in [1.165, 1.54) is 5.69 Å². The number of piperazine rings is 1. The lowest BCUT2D eigenvalue weighted by Crippen LogP contribution is -2.48.